The molecule has 3 N–H and O–H groups in total. The SMILES string of the molecule is Cc1noc(NC(=O)C(N)C(C)(C)C)n1. The van der Waals surface area contributed by atoms with E-state index in [1.807, 2.05) is 20.8 Å². The zero-order chi connectivity index (χ0) is 11.6. The fraction of sp³-hybridized carbons (Fsp3) is 0.667. The minimum absolute atomic E-state index is 0.0807. The van der Waals surface area contributed by atoms with Crippen LogP contribution in [-0.4, -0.2) is 22.1 Å². The quantitative estimate of drug-likeness (QED) is 0.752. The number of nitrogens with two attached hydrogens (primary N) is 1. The summed E-state index contributed by atoms with van der Waals surface area (Å²) in [5.74, 6) is 0.140. The van der Waals surface area contributed by atoms with Gasteiger partial charge in [-0.05, 0) is 12.3 Å². The minimum atomic E-state index is -0.621. The van der Waals surface area contributed by atoms with Gasteiger partial charge in [0.15, 0.2) is 5.82 Å². The molecule has 0 radical (unpaired) electrons. The van der Waals surface area contributed by atoms with E-state index in [4.69, 9.17) is 10.3 Å². The van der Waals surface area contributed by atoms with Crippen LogP contribution >= 0.6 is 0 Å². The average molecular weight is 212 g/mol. The Kier molecular flexibility index (Phi) is 3.09. The standard InChI is InChI=1S/C9H16N4O2/c1-5-11-8(15-13-5)12-7(14)6(10)9(2,3)4/h6H,10H2,1-4H3,(H,11,12,13,14). The minimum Gasteiger partial charge on any atom is -0.319 e. The van der Waals surface area contributed by atoms with Crippen LogP contribution in [0.2, 0.25) is 0 Å². The molecule has 0 bridgehead atoms. The van der Waals surface area contributed by atoms with E-state index in [1.165, 1.54) is 0 Å². The van der Waals surface area contributed by atoms with Gasteiger partial charge in [0.25, 0.3) is 0 Å². The summed E-state index contributed by atoms with van der Waals surface area (Å²) >= 11 is 0. The van der Waals surface area contributed by atoms with Crippen LogP contribution in [0.15, 0.2) is 4.52 Å². The number of aryl methyl sites for hydroxylation is 1. The molecule has 0 aliphatic carbocycles. The molecule has 1 heterocycles. The second-order valence-corrected chi connectivity index (χ2v) is 4.48. The number of nitrogens with one attached hydrogen (secondary N) is 1. The van der Waals surface area contributed by atoms with Crippen LogP contribution in [0.3, 0.4) is 0 Å². The second-order valence-electron chi connectivity index (χ2n) is 4.48. The first-order valence-electron chi connectivity index (χ1n) is 4.67. The maximum atomic E-state index is 11.6. The number of aromatic nitrogens is 2. The lowest BCUT2D eigenvalue weighted by Gasteiger charge is -2.24. The largest absolute Gasteiger partial charge is 0.328 e. The Hall–Kier alpha value is -1.43. The molecule has 1 aromatic heterocycles. The van der Waals surface area contributed by atoms with Gasteiger partial charge in [0.2, 0.25) is 5.91 Å². The predicted molar refractivity (Wildman–Crippen MR) is 55.1 cm³/mol. The van der Waals surface area contributed by atoms with E-state index in [-0.39, 0.29) is 17.3 Å². The van der Waals surface area contributed by atoms with Crippen molar-refractivity contribution in [2.45, 2.75) is 33.7 Å². The van der Waals surface area contributed by atoms with Gasteiger partial charge < -0.3 is 10.3 Å². The van der Waals surface area contributed by atoms with E-state index < -0.39 is 6.04 Å². The summed E-state index contributed by atoms with van der Waals surface area (Å²) in [5.41, 5.74) is 5.44. The zero-order valence-corrected chi connectivity index (χ0v) is 9.37. The van der Waals surface area contributed by atoms with Crippen LogP contribution in [0.1, 0.15) is 26.6 Å². The molecule has 1 unspecified atom stereocenters. The van der Waals surface area contributed by atoms with Crippen molar-refractivity contribution in [3.8, 4) is 0 Å². The third kappa shape index (κ3) is 3.02. The van der Waals surface area contributed by atoms with E-state index in [2.05, 4.69) is 15.5 Å². The van der Waals surface area contributed by atoms with Gasteiger partial charge in [0, 0.05) is 0 Å². The summed E-state index contributed by atoms with van der Waals surface area (Å²) in [6, 6.07) is -0.540. The van der Waals surface area contributed by atoms with Gasteiger partial charge in [-0.2, -0.15) is 4.98 Å². The van der Waals surface area contributed by atoms with Crippen LogP contribution < -0.4 is 11.1 Å². The smallest absolute Gasteiger partial charge is 0.319 e. The first-order valence-corrected chi connectivity index (χ1v) is 4.67. The molecule has 6 nitrogen and oxygen atoms in total. The van der Waals surface area contributed by atoms with Crippen molar-refractivity contribution in [1.29, 1.82) is 0 Å². The maximum Gasteiger partial charge on any atom is 0.328 e. The Morgan fingerprint density at radius 1 is 1.53 bits per heavy atom. The van der Waals surface area contributed by atoms with Gasteiger partial charge in [-0.25, -0.2) is 0 Å². The lowest BCUT2D eigenvalue weighted by molar-refractivity contribution is -0.119. The van der Waals surface area contributed by atoms with Crippen LogP contribution in [0.4, 0.5) is 6.01 Å². The molecule has 0 fully saturated rings. The Bertz CT molecular complexity index is 353. The number of nitrogens with zero attached hydrogens (tertiary/aromatic N) is 2. The molecule has 6 heteroatoms. The fourth-order valence-corrected chi connectivity index (χ4v) is 0.924. The monoisotopic (exact) mass is 212 g/mol. The molecule has 0 aliphatic rings. The van der Waals surface area contributed by atoms with Crippen molar-refractivity contribution in [2.24, 2.45) is 11.1 Å². The predicted octanol–water partition coefficient (Wildman–Crippen LogP) is 0.690. The summed E-state index contributed by atoms with van der Waals surface area (Å²) in [6.45, 7) is 7.33. The van der Waals surface area contributed by atoms with Crippen molar-refractivity contribution in [3.05, 3.63) is 5.82 Å². The maximum absolute atomic E-state index is 11.6. The molecule has 1 rings (SSSR count). The zero-order valence-electron chi connectivity index (χ0n) is 9.37. The van der Waals surface area contributed by atoms with E-state index >= 15 is 0 Å². The summed E-state index contributed by atoms with van der Waals surface area (Å²) in [6.07, 6.45) is 0. The molecule has 1 aromatic rings. The fourth-order valence-electron chi connectivity index (χ4n) is 0.924. The topological polar surface area (TPSA) is 94.0 Å². The summed E-state index contributed by atoms with van der Waals surface area (Å²) in [7, 11) is 0. The van der Waals surface area contributed by atoms with Crippen molar-refractivity contribution >= 4 is 11.9 Å². The van der Waals surface area contributed by atoms with Crippen molar-refractivity contribution < 1.29 is 9.32 Å². The molecule has 1 amide bonds. The van der Waals surface area contributed by atoms with Gasteiger partial charge in [-0.3, -0.25) is 10.1 Å². The Morgan fingerprint density at radius 2 is 2.13 bits per heavy atom. The van der Waals surface area contributed by atoms with Crippen LogP contribution in [0, 0.1) is 12.3 Å². The average Bonchev–Trinajstić information content (AvgIpc) is 2.48. The lowest BCUT2D eigenvalue weighted by Crippen LogP contribution is -2.45. The van der Waals surface area contributed by atoms with E-state index in [0.29, 0.717) is 5.82 Å². The Balaban J connectivity index is 2.64. The summed E-state index contributed by atoms with van der Waals surface area (Å²) in [4.78, 5) is 15.5. The first-order chi connectivity index (χ1) is 6.80. The van der Waals surface area contributed by atoms with Crippen LogP contribution in [-0.2, 0) is 4.79 Å². The van der Waals surface area contributed by atoms with E-state index in [1.54, 1.807) is 6.92 Å². The van der Waals surface area contributed by atoms with Gasteiger partial charge in [0.05, 0.1) is 6.04 Å². The second kappa shape index (κ2) is 3.98. The molecular weight excluding hydrogens is 196 g/mol. The van der Waals surface area contributed by atoms with Crippen molar-refractivity contribution in [1.82, 2.24) is 10.1 Å². The highest BCUT2D eigenvalue weighted by Gasteiger charge is 2.28. The number of hydrogen-bond donors (Lipinski definition) is 2. The van der Waals surface area contributed by atoms with Gasteiger partial charge in [-0.15, -0.1) is 0 Å². The van der Waals surface area contributed by atoms with E-state index in [9.17, 15) is 4.79 Å². The number of hydrogen-bond acceptors (Lipinski definition) is 5. The highest BCUT2D eigenvalue weighted by molar-refractivity contribution is 5.93. The number of rotatable bonds is 2. The van der Waals surface area contributed by atoms with Gasteiger partial charge in [-0.1, -0.05) is 25.9 Å². The third-order valence-electron chi connectivity index (χ3n) is 1.97. The van der Waals surface area contributed by atoms with Crippen molar-refractivity contribution in [2.75, 3.05) is 5.32 Å². The molecule has 84 valence electrons. The van der Waals surface area contributed by atoms with Crippen molar-refractivity contribution in [3.63, 3.8) is 0 Å². The molecule has 15 heavy (non-hydrogen) atoms. The molecule has 0 spiro atoms. The number of anilines is 1. The number of carbonyl (C=O) groups is 1. The Morgan fingerprint density at radius 3 is 2.53 bits per heavy atom. The summed E-state index contributed by atoms with van der Waals surface area (Å²) in [5, 5.41) is 6.01. The molecule has 0 saturated carbocycles. The Labute approximate surface area is 88.2 Å². The van der Waals surface area contributed by atoms with Crippen LogP contribution in [0.5, 0.6) is 0 Å². The van der Waals surface area contributed by atoms with Crippen LogP contribution in [0.25, 0.3) is 0 Å². The van der Waals surface area contributed by atoms with Gasteiger partial charge in [0.1, 0.15) is 0 Å². The molecule has 1 atom stereocenters. The normalized spacial score (nSPS) is 13.7. The van der Waals surface area contributed by atoms with E-state index in [0.717, 1.165) is 0 Å². The van der Waals surface area contributed by atoms with Gasteiger partial charge >= 0.3 is 6.01 Å². The highest BCUT2D eigenvalue weighted by Crippen LogP contribution is 2.18. The number of carbonyl (C=O) groups excluding carboxylic acids is 1. The molecular formula is C9H16N4O2. The molecule has 0 aliphatic heterocycles. The summed E-state index contributed by atoms with van der Waals surface area (Å²) < 4.78 is 4.75. The number of amides is 1. The molecule has 0 saturated heterocycles. The third-order valence-corrected chi connectivity index (χ3v) is 1.97. The molecule has 0 aromatic carbocycles. The highest BCUT2D eigenvalue weighted by atomic mass is 16.5. The first kappa shape index (κ1) is 11.6. The lowest BCUT2D eigenvalue weighted by atomic mass is 9.87.